The number of fused-ring (bicyclic) bond motifs is 23. The number of nitrogens with zero attached hydrogens (tertiary/aromatic N) is 2. The standard InChI is InChI=1S/C79H95N9O15/c1-47(80-6)67(89)42-58(35-49-17-9-8-10-18-49)75(96)88-46-61-44-65(88)68(90)41-57(38-51-23-27-53-19-11-13-21-55(53)36-51)72(93)83-62(77(98)99)31-32-69(91)82-59-43-66(87(45-59)76(97)70(79(3,4)5)86-71(92)48(2)81-7)74(95)84-63(40-52-24-28-54-20-12-14-22-56(54)37-52)73(94)85-64(78(100)101)39-50-25-29-60(30-26-50)102-33-15-16-34-103-61/h8-30,36-37,47-48,57-59,61-66,70,80-81H,31-35,38-46H2,1-7H3,(H,82,91)(H,83,93)(H,84,95)(H,85,94)(H,86,92)(H,98,99)(H,100,101)/b16-15+/t47-,48-,57+,58+,59-,61-,62-,63-,64-,65-,66-,70+/m0/s1. The molecule has 0 radical (unpaired) electrons. The number of ketones is 2. The van der Waals surface area contributed by atoms with E-state index in [0.717, 1.165) is 27.1 Å². The van der Waals surface area contributed by atoms with Gasteiger partial charge < -0.3 is 66.7 Å². The number of carboxylic acids is 2. The summed E-state index contributed by atoms with van der Waals surface area (Å²) in [7, 11) is 3.22. The molecule has 4 aliphatic rings. The van der Waals surface area contributed by atoms with Crippen molar-refractivity contribution < 1.29 is 72.4 Å². The van der Waals surface area contributed by atoms with Crippen molar-refractivity contribution in [3.63, 3.8) is 0 Å². The fourth-order valence-corrected chi connectivity index (χ4v) is 13.5. The van der Waals surface area contributed by atoms with E-state index in [4.69, 9.17) is 9.47 Å². The largest absolute Gasteiger partial charge is 0.490 e. The fraction of sp³-hybridized carbons (Fsp3) is 0.430. The van der Waals surface area contributed by atoms with E-state index >= 15 is 19.2 Å². The van der Waals surface area contributed by atoms with Gasteiger partial charge in [0.2, 0.25) is 41.4 Å². The molecular weight excluding hydrogens is 1310 g/mol. The van der Waals surface area contributed by atoms with Gasteiger partial charge in [0.05, 0.1) is 30.8 Å². The van der Waals surface area contributed by atoms with Crippen molar-refractivity contribution in [2.45, 2.75) is 159 Å². The maximum absolute atomic E-state index is 15.3. The number of ether oxygens (including phenoxy) is 2. The average molecular weight is 1410 g/mol. The predicted molar refractivity (Wildman–Crippen MR) is 387 cm³/mol. The van der Waals surface area contributed by atoms with Crippen molar-refractivity contribution in [2.75, 3.05) is 40.4 Å². The number of likely N-dealkylation sites (N-methyl/N-ethyl adjacent to an activating group) is 2. The van der Waals surface area contributed by atoms with E-state index in [1.54, 1.807) is 91.2 Å². The van der Waals surface area contributed by atoms with Gasteiger partial charge in [0.15, 0.2) is 5.78 Å². The molecule has 546 valence electrons. The molecule has 0 unspecified atom stereocenters. The molecule has 7 amide bonds. The van der Waals surface area contributed by atoms with E-state index in [9.17, 15) is 43.8 Å². The lowest BCUT2D eigenvalue weighted by molar-refractivity contribution is -0.145. The summed E-state index contributed by atoms with van der Waals surface area (Å²) in [4.78, 5) is 161. The van der Waals surface area contributed by atoms with Crippen LogP contribution in [-0.4, -0.2) is 186 Å². The lowest BCUT2D eigenvalue weighted by Crippen LogP contribution is -2.61. The number of carbonyl (C=O) groups is 11. The summed E-state index contributed by atoms with van der Waals surface area (Å²) < 4.78 is 12.4. The molecule has 103 heavy (non-hydrogen) atoms. The number of amides is 7. The second-order valence-electron chi connectivity index (χ2n) is 28.3. The topological polar surface area (TPSA) is 337 Å². The number of carboxylic acid groups (broad SMARTS) is 2. The smallest absolute Gasteiger partial charge is 0.326 e. The molecule has 6 aromatic carbocycles. The van der Waals surface area contributed by atoms with E-state index in [0.29, 0.717) is 22.4 Å². The highest BCUT2D eigenvalue weighted by Gasteiger charge is 2.48. The van der Waals surface area contributed by atoms with Gasteiger partial charge in [-0.05, 0) is 121 Å². The zero-order chi connectivity index (χ0) is 74.1. The molecule has 24 heteroatoms. The Labute approximate surface area is 599 Å². The minimum atomic E-state index is -1.69. The van der Waals surface area contributed by atoms with Gasteiger partial charge in [0.25, 0.3) is 0 Å². The lowest BCUT2D eigenvalue weighted by Gasteiger charge is -2.36. The van der Waals surface area contributed by atoms with E-state index in [2.05, 4.69) is 37.2 Å². The summed E-state index contributed by atoms with van der Waals surface area (Å²) in [6.07, 6.45) is 0.782. The van der Waals surface area contributed by atoms with Gasteiger partial charge in [0, 0.05) is 69.5 Å². The molecule has 6 bridgehead atoms. The molecule has 4 aliphatic heterocycles. The third-order valence-electron chi connectivity index (χ3n) is 19.6. The summed E-state index contributed by atoms with van der Waals surface area (Å²) in [6, 6.07) is 31.2. The number of likely N-dealkylation sites (tertiary alicyclic amines) is 2. The highest BCUT2D eigenvalue weighted by Crippen LogP contribution is 2.32. The van der Waals surface area contributed by atoms with E-state index in [1.807, 2.05) is 109 Å². The number of Topliss-reactive ketones (excluding diaryl/α,β-unsaturated/α-hetero) is 2. The van der Waals surface area contributed by atoms with Crippen molar-refractivity contribution in [3.8, 4) is 5.75 Å². The van der Waals surface area contributed by atoms with Crippen LogP contribution in [0.5, 0.6) is 5.75 Å². The highest BCUT2D eigenvalue weighted by atomic mass is 16.5. The number of hydrogen-bond donors (Lipinski definition) is 9. The second kappa shape index (κ2) is 35.6. The highest BCUT2D eigenvalue weighted by molar-refractivity contribution is 5.98. The Hall–Kier alpha value is -10.2. The molecule has 0 aromatic heterocycles. The molecule has 0 spiro atoms. The van der Waals surface area contributed by atoms with Gasteiger partial charge in [-0.1, -0.05) is 154 Å². The normalized spacial score (nSPS) is 23.0. The van der Waals surface area contributed by atoms with Crippen LogP contribution in [0.1, 0.15) is 95.4 Å². The van der Waals surface area contributed by atoms with Gasteiger partial charge >= 0.3 is 11.9 Å². The monoisotopic (exact) mass is 1410 g/mol. The first-order valence-electron chi connectivity index (χ1n) is 35.2. The third kappa shape index (κ3) is 21.0. The van der Waals surface area contributed by atoms with Crippen LogP contribution < -0.4 is 42.0 Å². The predicted octanol–water partition coefficient (Wildman–Crippen LogP) is 5.59. The third-order valence-corrected chi connectivity index (χ3v) is 19.6. The minimum Gasteiger partial charge on any atom is -0.490 e. The Kier molecular flexibility index (Phi) is 26.6. The number of aliphatic carboxylic acids is 2. The summed E-state index contributed by atoms with van der Waals surface area (Å²) in [5.41, 5.74) is 1.61. The number of hydrogen-bond acceptors (Lipinski definition) is 15. The van der Waals surface area contributed by atoms with Crippen molar-refractivity contribution in [1.29, 1.82) is 0 Å². The minimum absolute atomic E-state index is 0.0255. The van der Waals surface area contributed by atoms with Crippen LogP contribution in [0.3, 0.4) is 0 Å². The fourth-order valence-electron chi connectivity index (χ4n) is 13.5. The first kappa shape index (κ1) is 77.0. The van der Waals surface area contributed by atoms with Crippen LogP contribution in [0.2, 0.25) is 0 Å². The molecule has 24 nitrogen and oxygen atoms in total. The maximum Gasteiger partial charge on any atom is 0.326 e. The van der Waals surface area contributed by atoms with Gasteiger partial charge in [-0.25, -0.2) is 9.59 Å². The van der Waals surface area contributed by atoms with Crippen molar-refractivity contribution >= 4 is 86.4 Å². The molecule has 12 atom stereocenters. The van der Waals surface area contributed by atoms with Gasteiger partial charge in [-0.15, -0.1) is 0 Å². The molecule has 9 N–H and O–H groups in total. The molecular formula is C79H95N9O15. The number of rotatable bonds is 17. The second-order valence-corrected chi connectivity index (χ2v) is 28.3. The average Bonchev–Trinajstić information content (AvgIpc) is 1.69. The van der Waals surface area contributed by atoms with E-state index in [-0.39, 0.29) is 77.0 Å². The zero-order valence-corrected chi connectivity index (χ0v) is 59.4. The quantitative estimate of drug-likeness (QED) is 0.0503. The molecule has 0 saturated carbocycles. The molecule has 2 saturated heterocycles. The van der Waals surface area contributed by atoms with Crippen molar-refractivity contribution in [3.05, 3.63) is 174 Å². The van der Waals surface area contributed by atoms with Crippen LogP contribution in [0.4, 0.5) is 0 Å². The molecule has 6 aromatic rings. The van der Waals surface area contributed by atoms with Crippen molar-refractivity contribution in [1.82, 2.24) is 47.0 Å². The molecule has 10 rings (SSSR count). The van der Waals surface area contributed by atoms with Crippen LogP contribution in [0.25, 0.3) is 21.5 Å². The van der Waals surface area contributed by atoms with Gasteiger partial charge in [0.1, 0.15) is 48.3 Å². The van der Waals surface area contributed by atoms with E-state index < -0.39 is 156 Å². The molecule has 4 heterocycles. The van der Waals surface area contributed by atoms with Crippen LogP contribution >= 0.6 is 0 Å². The zero-order valence-electron chi connectivity index (χ0n) is 59.4. The Balaban J connectivity index is 1.05. The summed E-state index contributed by atoms with van der Waals surface area (Å²) in [5, 5.41) is 44.5. The first-order chi connectivity index (χ1) is 49.2. The Morgan fingerprint density at radius 2 is 1.18 bits per heavy atom. The number of nitrogens with one attached hydrogen (secondary N) is 7. The Bertz CT molecular complexity index is 4090. The number of benzene rings is 6. The van der Waals surface area contributed by atoms with E-state index in [1.165, 1.54) is 9.80 Å². The summed E-state index contributed by atoms with van der Waals surface area (Å²) in [5.74, 6) is -10.1. The lowest BCUT2D eigenvalue weighted by atomic mass is 9.85. The van der Waals surface area contributed by atoms with Gasteiger partial charge in [-0.3, -0.25) is 43.2 Å². The summed E-state index contributed by atoms with van der Waals surface area (Å²) in [6.45, 7) is 8.28. The number of carbonyl (C=O) groups excluding carboxylic acids is 9. The molecule has 0 aliphatic carbocycles. The maximum atomic E-state index is 15.3. The van der Waals surface area contributed by atoms with Gasteiger partial charge in [-0.2, -0.15) is 0 Å². The first-order valence-corrected chi connectivity index (χ1v) is 35.2. The Morgan fingerprint density at radius 3 is 1.81 bits per heavy atom. The molecule has 2 fully saturated rings. The van der Waals surface area contributed by atoms with Crippen LogP contribution in [0.15, 0.2) is 152 Å². The SMILES string of the molecule is CN[C@@H](C)C(=O)C[C@@H](Cc1ccccc1)C(=O)N1C[C@@H]2C[C@H]1C(=O)C[C@@H](Cc1ccc3ccccc3c1)C(=O)N[C@H](C(=O)O)CCC(=O)N[C@H]1C[C@@H](C(=O)N[C@@H](Cc3ccc4ccccc4c3)C(=O)N[C@H](C(=O)O)Cc3ccc(cc3)OC/C=C/CO2)N(C(=O)[C@@H](NC(=O)[C@H](C)NC)C(C)(C)C)C1. The van der Waals surface area contributed by atoms with Crippen LogP contribution in [0, 0.1) is 17.3 Å². The summed E-state index contributed by atoms with van der Waals surface area (Å²) >= 11 is 0. The van der Waals surface area contributed by atoms with Crippen LogP contribution in [-0.2, 0) is 83.2 Å². The van der Waals surface area contributed by atoms with Crippen molar-refractivity contribution in [2.24, 2.45) is 17.3 Å². The Morgan fingerprint density at radius 1 is 0.592 bits per heavy atom.